The summed E-state index contributed by atoms with van der Waals surface area (Å²) in [5, 5.41) is 5.70. The van der Waals surface area contributed by atoms with Gasteiger partial charge in [0.05, 0.1) is 12.3 Å². The Morgan fingerprint density at radius 3 is 2.84 bits per heavy atom. The fourth-order valence-electron chi connectivity index (χ4n) is 1.63. The molecule has 0 radical (unpaired) electrons. The molecule has 1 atom stereocenters. The fraction of sp³-hybridized carbons (Fsp3) is 0.308. The monoisotopic (exact) mass is 284 g/mol. The van der Waals surface area contributed by atoms with Gasteiger partial charge in [-0.05, 0) is 25.1 Å². The van der Waals surface area contributed by atoms with Gasteiger partial charge in [0, 0.05) is 24.1 Å². The lowest BCUT2D eigenvalue weighted by Crippen LogP contribution is -2.20. The molecule has 0 spiro atoms. The maximum absolute atomic E-state index is 13.2. The van der Waals surface area contributed by atoms with Crippen LogP contribution < -0.4 is 5.32 Å². The van der Waals surface area contributed by atoms with Crippen molar-refractivity contribution in [3.8, 4) is 11.3 Å². The molecule has 6 heteroatoms. The van der Waals surface area contributed by atoms with Gasteiger partial charge in [-0.3, -0.25) is 0 Å². The van der Waals surface area contributed by atoms with E-state index in [4.69, 9.17) is 4.74 Å². The molecule has 0 saturated carbocycles. The molecule has 0 fully saturated rings. The lowest BCUT2D eigenvalue weighted by molar-refractivity contribution is 0.190. The molecule has 1 aromatic heterocycles. The normalized spacial score (nSPS) is 12.4. The van der Waals surface area contributed by atoms with Gasteiger partial charge >= 0.3 is 0 Å². The first-order valence-corrected chi connectivity index (χ1v) is 6.64. The highest BCUT2D eigenvalue weighted by molar-refractivity contribution is 7.14. The lowest BCUT2D eigenvalue weighted by atomic mass is 10.2. The zero-order valence-electron chi connectivity index (χ0n) is 10.6. The Balaban J connectivity index is 2.14. The minimum atomic E-state index is -0.868. The highest BCUT2D eigenvalue weighted by Crippen LogP contribution is 2.26. The third-order valence-corrected chi connectivity index (χ3v) is 3.28. The van der Waals surface area contributed by atoms with Gasteiger partial charge in [-0.25, -0.2) is 13.8 Å². The van der Waals surface area contributed by atoms with Crippen molar-refractivity contribution in [2.24, 2.45) is 0 Å². The van der Waals surface area contributed by atoms with E-state index in [2.05, 4.69) is 10.3 Å². The van der Waals surface area contributed by atoms with Crippen LogP contribution >= 0.6 is 11.3 Å². The zero-order chi connectivity index (χ0) is 13.8. The third kappa shape index (κ3) is 3.48. The number of aromatic nitrogens is 1. The first-order valence-electron chi connectivity index (χ1n) is 5.76. The van der Waals surface area contributed by atoms with E-state index in [1.54, 1.807) is 12.5 Å². The van der Waals surface area contributed by atoms with Gasteiger partial charge < -0.3 is 10.1 Å². The number of rotatable bonds is 5. The van der Waals surface area contributed by atoms with Crippen LogP contribution in [0.25, 0.3) is 11.3 Å². The van der Waals surface area contributed by atoms with E-state index < -0.39 is 11.6 Å². The Morgan fingerprint density at radius 1 is 1.37 bits per heavy atom. The maximum atomic E-state index is 13.2. The van der Waals surface area contributed by atoms with E-state index in [0.717, 1.165) is 17.3 Å². The smallest absolute Gasteiger partial charge is 0.183 e. The summed E-state index contributed by atoms with van der Waals surface area (Å²) in [4.78, 5) is 4.34. The Bertz CT molecular complexity index is 559. The molecule has 0 bridgehead atoms. The zero-order valence-corrected chi connectivity index (χ0v) is 11.4. The molecule has 19 heavy (non-hydrogen) atoms. The number of ether oxygens (including phenoxy) is 1. The molecule has 2 aromatic rings. The molecule has 1 N–H and O–H groups in total. The van der Waals surface area contributed by atoms with Gasteiger partial charge in [0.15, 0.2) is 16.8 Å². The summed E-state index contributed by atoms with van der Waals surface area (Å²) in [7, 11) is 1.63. The van der Waals surface area contributed by atoms with Crippen LogP contribution in [-0.2, 0) is 4.74 Å². The highest BCUT2D eigenvalue weighted by Gasteiger charge is 2.09. The number of nitrogens with zero attached hydrogens (tertiary/aromatic N) is 1. The quantitative estimate of drug-likeness (QED) is 0.912. The van der Waals surface area contributed by atoms with Crippen LogP contribution in [0.1, 0.15) is 6.92 Å². The first-order chi connectivity index (χ1) is 9.10. The molecule has 102 valence electrons. The Kier molecular flexibility index (Phi) is 4.44. The van der Waals surface area contributed by atoms with Crippen LogP contribution in [0.15, 0.2) is 23.6 Å². The van der Waals surface area contributed by atoms with Crippen molar-refractivity contribution in [3.63, 3.8) is 0 Å². The fourth-order valence-corrected chi connectivity index (χ4v) is 2.46. The second-order valence-corrected chi connectivity index (χ2v) is 5.03. The molecule has 0 amide bonds. The van der Waals surface area contributed by atoms with E-state index in [9.17, 15) is 8.78 Å². The van der Waals surface area contributed by atoms with Crippen molar-refractivity contribution in [2.75, 3.05) is 19.0 Å². The number of thiazole rings is 1. The third-order valence-electron chi connectivity index (χ3n) is 2.51. The predicted molar refractivity (Wildman–Crippen MR) is 72.4 cm³/mol. The van der Waals surface area contributed by atoms with Crippen molar-refractivity contribution in [2.45, 2.75) is 13.0 Å². The van der Waals surface area contributed by atoms with Crippen molar-refractivity contribution >= 4 is 16.5 Å². The standard InChI is InChI=1S/C13H14F2N2OS/c1-8(6-18-2)16-13-17-12(7-19-13)9-3-4-10(14)11(15)5-9/h3-5,7-8H,6H2,1-2H3,(H,16,17)/t8-/m1/s1. The number of benzene rings is 1. The largest absolute Gasteiger partial charge is 0.383 e. The van der Waals surface area contributed by atoms with Crippen LogP contribution in [0.5, 0.6) is 0 Å². The molecule has 1 heterocycles. The number of methoxy groups -OCH3 is 1. The summed E-state index contributed by atoms with van der Waals surface area (Å²) < 4.78 is 31.0. The predicted octanol–water partition coefficient (Wildman–Crippen LogP) is 3.54. The van der Waals surface area contributed by atoms with Gasteiger partial charge in [-0.1, -0.05) is 0 Å². The minimum absolute atomic E-state index is 0.133. The molecule has 0 unspecified atom stereocenters. The summed E-state index contributed by atoms with van der Waals surface area (Å²) in [6.07, 6.45) is 0. The molecule has 0 aliphatic heterocycles. The molecule has 2 rings (SSSR count). The van der Waals surface area contributed by atoms with E-state index in [1.807, 2.05) is 6.92 Å². The highest BCUT2D eigenvalue weighted by atomic mass is 32.1. The summed E-state index contributed by atoms with van der Waals surface area (Å²) in [5.74, 6) is -1.72. The van der Waals surface area contributed by atoms with Gasteiger partial charge in [-0.2, -0.15) is 0 Å². The number of anilines is 1. The second-order valence-electron chi connectivity index (χ2n) is 4.17. The number of halogens is 2. The van der Waals surface area contributed by atoms with Crippen LogP contribution in [0.4, 0.5) is 13.9 Å². The average Bonchev–Trinajstić information content (AvgIpc) is 2.81. The van der Waals surface area contributed by atoms with E-state index in [1.165, 1.54) is 17.4 Å². The van der Waals surface area contributed by atoms with Crippen molar-refractivity contribution in [1.82, 2.24) is 4.98 Å². The number of hydrogen-bond donors (Lipinski definition) is 1. The summed E-state index contributed by atoms with van der Waals surface area (Å²) in [6, 6.07) is 3.89. The lowest BCUT2D eigenvalue weighted by Gasteiger charge is -2.10. The SMILES string of the molecule is COC[C@@H](C)Nc1nc(-c2ccc(F)c(F)c2)cs1. The van der Waals surface area contributed by atoms with Gasteiger partial charge in [0.1, 0.15) is 0 Å². The number of nitrogens with one attached hydrogen (secondary N) is 1. The van der Waals surface area contributed by atoms with E-state index in [-0.39, 0.29) is 6.04 Å². The average molecular weight is 284 g/mol. The Morgan fingerprint density at radius 2 is 2.16 bits per heavy atom. The molecule has 0 aliphatic rings. The van der Waals surface area contributed by atoms with Crippen molar-refractivity contribution < 1.29 is 13.5 Å². The van der Waals surface area contributed by atoms with Gasteiger partial charge in [0.25, 0.3) is 0 Å². The van der Waals surface area contributed by atoms with Crippen molar-refractivity contribution in [1.29, 1.82) is 0 Å². The number of hydrogen-bond acceptors (Lipinski definition) is 4. The Labute approximate surface area is 114 Å². The van der Waals surface area contributed by atoms with Crippen LogP contribution in [-0.4, -0.2) is 24.7 Å². The molecule has 1 aromatic carbocycles. The molecule has 0 saturated heterocycles. The van der Waals surface area contributed by atoms with E-state index >= 15 is 0 Å². The van der Waals surface area contributed by atoms with Crippen LogP contribution in [0.3, 0.4) is 0 Å². The molecular formula is C13H14F2N2OS. The second kappa shape index (κ2) is 6.08. The van der Waals surface area contributed by atoms with Gasteiger partial charge in [-0.15, -0.1) is 11.3 Å². The Hall–Kier alpha value is -1.53. The molecule has 3 nitrogen and oxygen atoms in total. The topological polar surface area (TPSA) is 34.1 Å². The summed E-state index contributed by atoms with van der Waals surface area (Å²) in [5.41, 5.74) is 1.18. The van der Waals surface area contributed by atoms with Crippen molar-refractivity contribution in [3.05, 3.63) is 35.2 Å². The first kappa shape index (κ1) is 13.9. The maximum Gasteiger partial charge on any atom is 0.183 e. The minimum Gasteiger partial charge on any atom is -0.383 e. The summed E-state index contributed by atoms with van der Waals surface area (Å²) in [6.45, 7) is 2.54. The van der Waals surface area contributed by atoms with Crippen LogP contribution in [0.2, 0.25) is 0 Å². The molecule has 0 aliphatic carbocycles. The van der Waals surface area contributed by atoms with E-state index in [0.29, 0.717) is 17.9 Å². The van der Waals surface area contributed by atoms with Gasteiger partial charge in [0.2, 0.25) is 0 Å². The molecular weight excluding hydrogens is 270 g/mol. The summed E-state index contributed by atoms with van der Waals surface area (Å²) >= 11 is 1.41. The van der Waals surface area contributed by atoms with Crippen LogP contribution in [0, 0.1) is 11.6 Å².